The summed E-state index contributed by atoms with van der Waals surface area (Å²) >= 11 is 0. The first-order valence-electron chi connectivity index (χ1n) is 8.13. The van der Waals surface area contributed by atoms with E-state index in [1.54, 1.807) is 0 Å². The van der Waals surface area contributed by atoms with Crippen LogP contribution in [0.25, 0.3) is 0 Å². The van der Waals surface area contributed by atoms with Gasteiger partial charge in [0.25, 0.3) is 5.91 Å². The fourth-order valence-corrected chi connectivity index (χ4v) is 3.70. The number of rotatable bonds is 1. The molecule has 0 spiro atoms. The molecule has 118 valence electrons. The Hall–Kier alpha value is -1.75. The summed E-state index contributed by atoms with van der Waals surface area (Å²) in [7, 11) is 0. The van der Waals surface area contributed by atoms with Gasteiger partial charge in [-0.3, -0.25) is 4.79 Å². The summed E-state index contributed by atoms with van der Waals surface area (Å²) in [6.45, 7) is 1.56. The van der Waals surface area contributed by atoms with Crippen LogP contribution in [-0.4, -0.2) is 48.8 Å². The zero-order valence-corrected chi connectivity index (χ0v) is 12.6. The monoisotopic (exact) mass is 303 g/mol. The fourth-order valence-electron chi connectivity index (χ4n) is 3.70. The van der Waals surface area contributed by atoms with Gasteiger partial charge >= 0.3 is 0 Å². The Kier molecular flexibility index (Phi) is 3.66. The topological polar surface area (TPSA) is 48.0 Å². The number of benzene rings is 1. The van der Waals surface area contributed by atoms with Gasteiger partial charge in [-0.05, 0) is 25.0 Å². The first kappa shape index (κ1) is 13.9. The van der Waals surface area contributed by atoms with Gasteiger partial charge in [0.15, 0.2) is 11.5 Å². The molecule has 5 nitrogen and oxygen atoms in total. The van der Waals surface area contributed by atoms with E-state index in [4.69, 9.17) is 14.2 Å². The maximum absolute atomic E-state index is 12.9. The fraction of sp³-hybridized carbons (Fsp3) is 0.588. The van der Waals surface area contributed by atoms with Crippen LogP contribution >= 0.6 is 0 Å². The standard InChI is InChI=1S/C17H21NO4/c19-17(16-11-21-14-7-3-4-8-15(14)22-16)18-9-10-20-13-6-2-1-5-12(13)18/h3-4,7-8,12-13,16H,1-2,5-6,9-11H2/t12-,13-,16+/m1/s1. The highest BCUT2D eigenvalue weighted by Crippen LogP contribution is 2.33. The molecule has 0 radical (unpaired) electrons. The van der Waals surface area contributed by atoms with Crippen molar-refractivity contribution < 1.29 is 19.0 Å². The Balaban J connectivity index is 1.49. The van der Waals surface area contributed by atoms with Crippen LogP contribution in [-0.2, 0) is 9.53 Å². The van der Waals surface area contributed by atoms with Crippen molar-refractivity contribution in [1.82, 2.24) is 4.90 Å². The summed E-state index contributed by atoms with van der Waals surface area (Å²) in [4.78, 5) is 14.9. The second-order valence-corrected chi connectivity index (χ2v) is 6.16. The molecule has 1 amide bonds. The van der Waals surface area contributed by atoms with Gasteiger partial charge in [-0.25, -0.2) is 0 Å². The lowest BCUT2D eigenvalue weighted by molar-refractivity contribution is -0.158. The first-order valence-corrected chi connectivity index (χ1v) is 8.13. The average Bonchev–Trinajstić information content (AvgIpc) is 2.60. The number of carbonyl (C=O) groups excluding carboxylic acids is 1. The van der Waals surface area contributed by atoms with Gasteiger partial charge in [0.05, 0.1) is 18.8 Å². The van der Waals surface area contributed by atoms with Crippen molar-refractivity contribution in [2.24, 2.45) is 0 Å². The Labute approximate surface area is 130 Å². The molecule has 5 heteroatoms. The van der Waals surface area contributed by atoms with Gasteiger partial charge in [0, 0.05) is 6.54 Å². The van der Waals surface area contributed by atoms with E-state index >= 15 is 0 Å². The highest BCUT2D eigenvalue weighted by molar-refractivity contribution is 5.82. The maximum Gasteiger partial charge on any atom is 0.267 e. The summed E-state index contributed by atoms with van der Waals surface area (Å²) in [5, 5.41) is 0. The summed E-state index contributed by atoms with van der Waals surface area (Å²) in [6.07, 6.45) is 4.09. The van der Waals surface area contributed by atoms with Crippen molar-refractivity contribution in [2.45, 2.75) is 43.9 Å². The van der Waals surface area contributed by atoms with Gasteiger partial charge in [-0.2, -0.15) is 0 Å². The zero-order chi connectivity index (χ0) is 14.9. The smallest absolute Gasteiger partial charge is 0.267 e. The maximum atomic E-state index is 12.9. The minimum absolute atomic E-state index is 0.0368. The van der Waals surface area contributed by atoms with Gasteiger partial charge in [0.1, 0.15) is 6.61 Å². The molecule has 4 rings (SSSR count). The number of para-hydroxylation sites is 2. The van der Waals surface area contributed by atoms with Crippen molar-refractivity contribution in [3.63, 3.8) is 0 Å². The normalized spacial score (nSPS) is 30.5. The van der Waals surface area contributed by atoms with Crippen LogP contribution in [0.2, 0.25) is 0 Å². The van der Waals surface area contributed by atoms with Crippen LogP contribution in [0, 0.1) is 0 Å². The van der Waals surface area contributed by atoms with Gasteiger partial charge in [0.2, 0.25) is 6.10 Å². The molecule has 0 N–H and O–H groups in total. The molecule has 0 unspecified atom stereocenters. The van der Waals surface area contributed by atoms with Crippen LogP contribution < -0.4 is 9.47 Å². The van der Waals surface area contributed by atoms with Gasteiger partial charge < -0.3 is 19.1 Å². The van der Waals surface area contributed by atoms with Crippen LogP contribution in [0.4, 0.5) is 0 Å². The Bertz CT molecular complexity index is 559. The Morgan fingerprint density at radius 2 is 1.95 bits per heavy atom. The number of carbonyl (C=O) groups is 1. The molecule has 1 aromatic carbocycles. The van der Waals surface area contributed by atoms with Crippen LogP contribution in [0.3, 0.4) is 0 Å². The van der Waals surface area contributed by atoms with Crippen LogP contribution in [0.15, 0.2) is 24.3 Å². The molecule has 3 atom stereocenters. The quantitative estimate of drug-likeness (QED) is 0.796. The largest absolute Gasteiger partial charge is 0.485 e. The SMILES string of the molecule is O=C([C@@H]1COc2ccccc2O1)N1CCO[C@@H]2CCCC[C@H]21. The molecule has 2 fully saturated rings. The van der Waals surface area contributed by atoms with Crippen LogP contribution in [0.1, 0.15) is 25.7 Å². The van der Waals surface area contributed by atoms with Crippen molar-refractivity contribution in [3.05, 3.63) is 24.3 Å². The van der Waals surface area contributed by atoms with E-state index in [0.29, 0.717) is 24.7 Å². The lowest BCUT2D eigenvalue weighted by Gasteiger charge is -2.45. The molecule has 0 bridgehead atoms. The molecule has 0 aromatic heterocycles. The first-order chi connectivity index (χ1) is 10.8. The summed E-state index contributed by atoms with van der Waals surface area (Å²) in [6, 6.07) is 7.70. The third-order valence-electron chi connectivity index (χ3n) is 4.80. The molecule has 22 heavy (non-hydrogen) atoms. The predicted octanol–water partition coefficient (Wildman–Crippen LogP) is 2.00. The molecule has 2 heterocycles. The molecule has 1 aromatic rings. The molecular weight excluding hydrogens is 282 g/mol. The third kappa shape index (κ3) is 2.43. The number of amides is 1. The summed E-state index contributed by atoms with van der Waals surface area (Å²) < 4.78 is 17.4. The van der Waals surface area contributed by atoms with Crippen molar-refractivity contribution >= 4 is 5.91 Å². The van der Waals surface area contributed by atoms with E-state index in [1.807, 2.05) is 29.2 Å². The van der Waals surface area contributed by atoms with Crippen molar-refractivity contribution in [1.29, 1.82) is 0 Å². The van der Waals surface area contributed by atoms with Crippen molar-refractivity contribution in [2.75, 3.05) is 19.8 Å². The third-order valence-corrected chi connectivity index (χ3v) is 4.80. The molecule has 3 aliphatic rings. The van der Waals surface area contributed by atoms with E-state index in [2.05, 4.69) is 0 Å². The summed E-state index contributed by atoms with van der Waals surface area (Å²) in [5.74, 6) is 1.40. The second kappa shape index (κ2) is 5.80. The Morgan fingerprint density at radius 3 is 2.86 bits per heavy atom. The van der Waals surface area contributed by atoms with E-state index in [1.165, 1.54) is 12.8 Å². The lowest BCUT2D eigenvalue weighted by atomic mass is 9.90. The summed E-state index contributed by atoms with van der Waals surface area (Å²) in [5.41, 5.74) is 0. The number of hydrogen-bond donors (Lipinski definition) is 0. The number of nitrogens with zero attached hydrogens (tertiary/aromatic N) is 1. The van der Waals surface area contributed by atoms with Crippen molar-refractivity contribution in [3.8, 4) is 11.5 Å². The molecular formula is C17H21NO4. The molecule has 1 saturated heterocycles. The van der Waals surface area contributed by atoms with E-state index in [9.17, 15) is 4.79 Å². The molecule has 1 aliphatic carbocycles. The number of hydrogen-bond acceptors (Lipinski definition) is 4. The van der Waals surface area contributed by atoms with Gasteiger partial charge in [-0.15, -0.1) is 0 Å². The highest BCUT2D eigenvalue weighted by Gasteiger charge is 2.40. The molecule has 1 saturated carbocycles. The van der Waals surface area contributed by atoms with E-state index < -0.39 is 6.10 Å². The van der Waals surface area contributed by atoms with Crippen LogP contribution in [0.5, 0.6) is 11.5 Å². The zero-order valence-electron chi connectivity index (χ0n) is 12.6. The minimum atomic E-state index is -0.546. The predicted molar refractivity (Wildman–Crippen MR) is 80.1 cm³/mol. The lowest BCUT2D eigenvalue weighted by Crippen LogP contribution is -2.58. The highest BCUT2D eigenvalue weighted by atomic mass is 16.6. The second-order valence-electron chi connectivity index (χ2n) is 6.16. The number of morpholine rings is 1. The minimum Gasteiger partial charge on any atom is -0.485 e. The average molecular weight is 303 g/mol. The van der Waals surface area contributed by atoms with Gasteiger partial charge in [-0.1, -0.05) is 25.0 Å². The van der Waals surface area contributed by atoms with E-state index in [-0.39, 0.29) is 24.7 Å². The molecule has 2 aliphatic heterocycles. The van der Waals surface area contributed by atoms with E-state index in [0.717, 1.165) is 12.8 Å². The number of fused-ring (bicyclic) bond motifs is 2. The number of ether oxygens (including phenoxy) is 3. The Morgan fingerprint density at radius 1 is 1.14 bits per heavy atom.